The molecule has 0 radical (unpaired) electrons. The van der Waals surface area contributed by atoms with Crippen LogP contribution in [0.4, 0.5) is 5.69 Å². The molecule has 1 aliphatic carbocycles. The maximum absolute atomic E-state index is 13.6. The Morgan fingerprint density at radius 1 is 1.11 bits per heavy atom. The molecule has 2 aromatic carbocycles. The number of likely N-dealkylation sites (N-methyl/N-ethyl adjacent to an activating group) is 1. The molecule has 2 bridgehead atoms. The highest BCUT2D eigenvalue weighted by Crippen LogP contribution is 2.53. The Morgan fingerprint density at radius 3 is 2.56 bits per heavy atom. The van der Waals surface area contributed by atoms with E-state index in [9.17, 15) is 18.0 Å². The Hall–Kier alpha value is -2.91. The summed E-state index contributed by atoms with van der Waals surface area (Å²) >= 11 is 0. The van der Waals surface area contributed by atoms with Crippen molar-refractivity contribution >= 4 is 27.5 Å². The molecular formula is C27H35N3O5S. The van der Waals surface area contributed by atoms with Gasteiger partial charge in [0.2, 0.25) is 15.9 Å². The maximum atomic E-state index is 13.6. The van der Waals surface area contributed by atoms with E-state index in [-0.39, 0.29) is 39.8 Å². The monoisotopic (exact) mass is 513 g/mol. The second-order valence-corrected chi connectivity index (χ2v) is 13.1. The summed E-state index contributed by atoms with van der Waals surface area (Å²) in [5, 5.41) is 2.74. The van der Waals surface area contributed by atoms with Crippen LogP contribution in [0, 0.1) is 10.8 Å². The Kier molecular flexibility index (Phi) is 6.92. The van der Waals surface area contributed by atoms with Crippen molar-refractivity contribution in [1.29, 1.82) is 0 Å². The van der Waals surface area contributed by atoms with Crippen molar-refractivity contribution in [3.63, 3.8) is 0 Å². The quantitative estimate of drug-likeness (QED) is 0.604. The first-order valence-corrected chi connectivity index (χ1v) is 13.6. The number of methoxy groups -OCH3 is 1. The van der Waals surface area contributed by atoms with Crippen molar-refractivity contribution in [2.75, 3.05) is 32.6 Å². The smallest absolute Gasteiger partial charge is 0.254 e. The molecule has 1 N–H and O–H groups in total. The molecule has 2 aromatic rings. The highest BCUT2D eigenvalue weighted by atomic mass is 32.2. The van der Waals surface area contributed by atoms with Crippen molar-refractivity contribution < 1.29 is 22.7 Å². The Morgan fingerprint density at radius 2 is 1.83 bits per heavy atom. The number of carbonyl (C=O) groups excluding carboxylic acids is 2. The average molecular weight is 514 g/mol. The van der Waals surface area contributed by atoms with Crippen LogP contribution in [-0.4, -0.2) is 62.7 Å². The first kappa shape index (κ1) is 26.2. The number of benzene rings is 2. The van der Waals surface area contributed by atoms with Gasteiger partial charge in [-0.3, -0.25) is 9.59 Å². The SMILES string of the molecule is COc1cccc(NC(=O)CN(C)C(=O)c2cccc(S(=O)(=O)N3C[C@]4(C)C[C@@H]3CC(C)(C)C4)c2)c1. The fourth-order valence-corrected chi connectivity index (χ4v) is 7.84. The van der Waals surface area contributed by atoms with E-state index in [0.717, 1.165) is 19.3 Å². The van der Waals surface area contributed by atoms with Crippen LogP contribution in [0.25, 0.3) is 0 Å². The van der Waals surface area contributed by atoms with E-state index in [4.69, 9.17) is 4.74 Å². The summed E-state index contributed by atoms with van der Waals surface area (Å²) in [5.74, 6) is -0.195. The lowest BCUT2D eigenvalue weighted by molar-refractivity contribution is -0.116. The molecule has 1 saturated carbocycles. The van der Waals surface area contributed by atoms with E-state index in [0.29, 0.717) is 18.0 Å². The van der Waals surface area contributed by atoms with E-state index < -0.39 is 15.9 Å². The highest BCUT2D eigenvalue weighted by molar-refractivity contribution is 7.89. The van der Waals surface area contributed by atoms with Gasteiger partial charge in [0.05, 0.1) is 18.6 Å². The van der Waals surface area contributed by atoms with Gasteiger partial charge in [-0.2, -0.15) is 4.31 Å². The summed E-state index contributed by atoms with van der Waals surface area (Å²) in [6.07, 6.45) is 2.68. The minimum atomic E-state index is -3.76. The van der Waals surface area contributed by atoms with Gasteiger partial charge in [0.1, 0.15) is 5.75 Å². The van der Waals surface area contributed by atoms with Gasteiger partial charge in [0.25, 0.3) is 5.91 Å². The third-order valence-corrected chi connectivity index (χ3v) is 9.03. The molecule has 1 saturated heterocycles. The number of nitrogens with one attached hydrogen (secondary N) is 1. The van der Waals surface area contributed by atoms with Gasteiger partial charge >= 0.3 is 0 Å². The summed E-state index contributed by atoms with van der Waals surface area (Å²) in [7, 11) is -0.707. The number of amides is 2. The summed E-state index contributed by atoms with van der Waals surface area (Å²) in [5.41, 5.74) is 0.833. The van der Waals surface area contributed by atoms with Crippen molar-refractivity contribution in [2.24, 2.45) is 10.8 Å². The van der Waals surface area contributed by atoms with Gasteiger partial charge in [-0.1, -0.05) is 32.9 Å². The normalized spacial score (nSPS) is 23.2. The van der Waals surface area contributed by atoms with Gasteiger partial charge in [0.15, 0.2) is 0 Å². The van der Waals surface area contributed by atoms with Crippen LogP contribution >= 0.6 is 0 Å². The van der Waals surface area contributed by atoms with E-state index in [1.807, 2.05) is 0 Å². The van der Waals surface area contributed by atoms with Crippen molar-refractivity contribution in [1.82, 2.24) is 9.21 Å². The fraction of sp³-hybridized carbons (Fsp3) is 0.481. The van der Waals surface area contributed by atoms with Crippen LogP contribution in [0.5, 0.6) is 5.75 Å². The number of anilines is 1. The largest absolute Gasteiger partial charge is 0.497 e. The number of sulfonamides is 1. The molecule has 2 fully saturated rings. The van der Waals surface area contributed by atoms with Crippen LogP contribution in [-0.2, 0) is 14.8 Å². The zero-order chi connectivity index (χ0) is 26.3. The topological polar surface area (TPSA) is 96.0 Å². The zero-order valence-corrected chi connectivity index (χ0v) is 22.4. The standard InChI is InChI=1S/C27H35N3O5S/c1-26(2)14-21-15-27(3,17-26)18-30(21)36(33,34)23-11-6-8-19(12-23)25(32)29(4)16-24(31)28-20-9-7-10-22(13-20)35-5/h6-13,21H,14-18H2,1-5H3,(H,28,31)/t21-,27+/m0/s1. The first-order chi connectivity index (χ1) is 16.8. The van der Waals surface area contributed by atoms with Gasteiger partial charge in [0, 0.05) is 37.0 Å². The lowest BCUT2D eigenvalue weighted by atomic mass is 9.65. The predicted octanol–water partition coefficient (Wildman–Crippen LogP) is 4.00. The molecule has 2 aliphatic rings. The van der Waals surface area contributed by atoms with Crippen molar-refractivity contribution in [2.45, 2.75) is 51.0 Å². The van der Waals surface area contributed by atoms with Crippen molar-refractivity contribution in [3.8, 4) is 5.75 Å². The van der Waals surface area contributed by atoms with Gasteiger partial charge in [-0.15, -0.1) is 0 Å². The average Bonchev–Trinajstić information content (AvgIpc) is 3.07. The predicted molar refractivity (Wildman–Crippen MR) is 138 cm³/mol. The summed E-state index contributed by atoms with van der Waals surface area (Å²) in [6.45, 7) is 6.88. The molecule has 0 aromatic heterocycles. The molecule has 4 rings (SSSR count). The Bertz CT molecular complexity index is 1280. The fourth-order valence-electron chi connectivity index (χ4n) is 6.02. The van der Waals surface area contributed by atoms with Crippen molar-refractivity contribution in [3.05, 3.63) is 54.1 Å². The number of nitrogens with zero attached hydrogens (tertiary/aromatic N) is 2. The molecule has 36 heavy (non-hydrogen) atoms. The van der Waals surface area contributed by atoms with E-state index in [1.54, 1.807) is 47.8 Å². The molecule has 1 heterocycles. The molecule has 2 amide bonds. The molecule has 8 nitrogen and oxygen atoms in total. The number of carbonyl (C=O) groups is 2. The molecule has 0 unspecified atom stereocenters. The van der Waals surface area contributed by atoms with E-state index >= 15 is 0 Å². The molecular weight excluding hydrogens is 478 g/mol. The Balaban J connectivity index is 1.47. The third kappa shape index (κ3) is 5.42. The maximum Gasteiger partial charge on any atom is 0.254 e. The van der Waals surface area contributed by atoms with E-state index in [1.165, 1.54) is 24.1 Å². The lowest BCUT2D eigenvalue weighted by Gasteiger charge is -2.39. The summed E-state index contributed by atoms with van der Waals surface area (Å²) in [4.78, 5) is 26.9. The molecule has 194 valence electrons. The molecule has 0 spiro atoms. The minimum absolute atomic E-state index is 0.0360. The van der Waals surface area contributed by atoms with Crippen LogP contribution in [0.1, 0.15) is 50.4 Å². The summed E-state index contributed by atoms with van der Waals surface area (Å²) in [6, 6.07) is 13.0. The molecule has 1 aliphatic heterocycles. The second-order valence-electron chi connectivity index (χ2n) is 11.2. The second kappa shape index (κ2) is 9.52. The molecule has 2 atom stereocenters. The first-order valence-electron chi connectivity index (χ1n) is 12.1. The third-order valence-electron chi connectivity index (χ3n) is 7.14. The number of rotatable bonds is 7. The van der Waals surface area contributed by atoms with Crippen LogP contribution in [0.3, 0.4) is 0 Å². The van der Waals surface area contributed by atoms with E-state index in [2.05, 4.69) is 26.1 Å². The Labute approximate surface area is 213 Å². The van der Waals surface area contributed by atoms with Crippen LogP contribution in [0.2, 0.25) is 0 Å². The zero-order valence-electron chi connectivity index (χ0n) is 21.6. The number of ether oxygens (including phenoxy) is 1. The van der Waals surface area contributed by atoms with Crippen LogP contribution in [0.15, 0.2) is 53.4 Å². The van der Waals surface area contributed by atoms with Crippen LogP contribution < -0.4 is 10.1 Å². The number of hydrogen-bond donors (Lipinski definition) is 1. The number of hydrogen-bond acceptors (Lipinski definition) is 5. The summed E-state index contributed by atoms with van der Waals surface area (Å²) < 4.78 is 34.1. The van der Waals surface area contributed by atoms with Gasteiger partial charge in [-0.05, 0) is 60.4 Å². The highest BCUT2D eigenvalue weighted by Gasteiger charge is 2.53. The number of fused-ring (bicyclic) bond motifs is 2. The van der Waals surface area contributed by atoms with Gasteiger partial charge < -0.3 is 15.0 Å². The minimum Gasteiger partial charge on any atom is -0.497 e. The molecule has 9 heteroatoms. The van der Waals surface area contributed by atoms with Gasteiger partial charge in [-0.25, -0.2) is 8.42 Å². The lowest BCUT2D eigenvalue weighted by Crippen LogP contribution is -2.38.